The molecule has 2 heterocycles. The number of carbonyl (C=O) groups is 2. The van der Waals surface area contributed by atoms with E-state index in [4.69, 9.17) is 0 Å². The number of thiophene rings is 1. The van der Waals surface area contributed by atoms with Crippen LogP contribution in [0.15, 0.2) is 24.3 Å². The van der Waals surface area contributed by atoms with Crippen LogP contribution < -0.4 is 10.6 Å². The zero-order chi connectivity index (χ0) is 22.3. The van der Waals surface area contributed by atoms with Crippen molar-refractivity contribution in [2.45, 2.75) is 71.1 Å². The van der Waals surface area contributed by atoms with Gasteiger partial charge in [-0.05, 0) is 75.2 Å². The van der Waals surface area contributed by atoms with E-state index in [1.807, 2.05) is 24.3 Å². The van der Waals surface area contributed by atoms with Gasteiger partial charge in [-0.1, -0.05) is 44.4 Å². The third-order valence-corrected chi connectivity index (χ3v) is 7.82. The topological polar surface area (TPSA) is 61.4 Å². The van der Waals surface area contributed by atoms with Crippen LogP contribution >= 0.6 is 11.3 Å². The van der Waals surface area contributed by atoms with Crippen molar-refractivity contribution >= 4 is 33.8 Å². The van der Waals surface area contributed by atoms with E-state index in [0.717, 1.165) is 79.9 Å². The van der Waals surface area contributed by atoms with Gasteiger partial charge in [0.05, 0.1) is 12.1 Å². The summed E-state index contributed by atoms with van der Waals surface area (Å²) in [6.07, 6.45) is 11.0. The summed E-state index contributed by atoms with van der Waals surface area (Å²) in [6.45, 7) is 4.46. The molecule has 1 aliphatic heterocycles. The molecule has 2 aromatic rings. The smallest absolute Gasteiger partial charge is 0.258 e. The summed E-state index contributed by atoms with van der Waals surface area (Å²) in [5.74, 6) is -0.110. The van der Waals surface area contributed by atoms with E-state index < -0.39 is 0 Å². The van der Waals surface area contributed by atoms with Crippen LogP contribution in [-0.2, 0) is 24.1 Å². The summed E-state index contributed by atoms with van der Waals surface area (Å²) < 4.78 is 0. The Morgan fingerprint density at radius 1 is 0.938 bits per heavy atom. The highest BCUT2D eigenvalue weighted by atomic mass is 32.1. The Morgan fingerprint density at radius 2 is 1.66 bits per heavy atom. The first-order valence-electron chi connectivity index (χ1n) is 12.2. The van der Waals surface area contributed by atoms with Gasteiger partial charge in [0.25, 0.3) is 5.91 Å². The largest absolute Gasteiger partial charge is 0.322 e. The quantitative estimate of drug-likeness (QED) is 0.556. The number of nitrogens with one attached hydrogen (secondary N) is 2. The molecule has 2 amide bonds. The maximum Gasteiger partial charge on any atom is 0.258 e. The lowest BCUT2D eigenvalue weighted by Crippen LogP contribution is -2.34. The van der Waals surface area contributed by atoms with Gasteiger partial charge in [-0.3, -0.25) is 14.5 Å². The van der Waals surface area contributed by atoms with Gasteiger partial charge >= 0.3 is 0 Å². The monoisotopic (exact) mass is 453 g/mol. The van der Waals surface area contributed by atoms with Crippen molar-refractivity contribution < 1.29 is 9.59 Å². The highest BCUT2D eigenvalue weighted by molar-refractivity contribution is 7.17. The highest BCUT2D eigenvalue weighted by Gasteiger charge is 2.26. The highest BCUT2D eigenvalue weighted by Crippen LogP contribution is 2.38. The Morgan fingerprint density at radius 3 is 2.44 bits per heavy atom. The van der Waals surface area contributed by atoms with Crippen molar-refractivity contribution in [3.8, 4) is 0 Å². The van der Waals surface area contributed by atoms with Crippen molar-refractivity contribution in [3.05, 3.63) is 45.8 Å². The Labute approximate surface area is 195 Å². The molecule has 4 rings (SSSR count). The van der Waals surface area contributed by atoms with Crippen molar-refractivity contribution in [3.63, 3.8) is 0 Å². The van der Waals surface area contributed by atoms with Gasteiger partial charge in [-0.2, -0.15) is 0 Å². The number of anilines is 2. The fraction of sp³-hybridized carbons (Fsp3) is 0.538. The zero-order valence-electron chi connectivity index (χ0n) is 19.2. The van der Waals surface area contributed by atoms with Gasteiger partial charge in [-0.15, -0.1) is 11.3 Å². The molecule has 2 N–H and O–H groups in total. The Balaban J connectivity index is 1.56. The van der Waals surface area contributed by atoms with Crippen LogP contribution in [0.4, 0.5) is 10.7 Å². The molecule has 1 aromatic carbocycles. The molecule has 6 heteroatoms. The maximum atomic E-state index is 13.5. The number of amides is 2. The summed E-state index contributed by atoms with van der Waals surface area (Å²) in [4.78, 5) is 29.9. The summed E-state index contributed by atoms with van der Waals surface area (Å²) in [5, 5.41) is 7.00. The number of hydrogen-bond acceptors (Lipinski definition) is 4. The Kier molecular flexibility index (Phi) is 7.98. The predicted octanol–water partition coefficient (Wildman–Crippen LogP) is 5.65. The molecule has 1 saturated heterocycles. The average molecular weight is 454 g/mol. The van der Waals surface area contributed by atoms with E-state index >= 15 is 0 Å². The number of para-hydroxylation sites is 1. The molecule has 0 atom stereocenters. The molecule has 0 radical (unpaired) electrons. The molecule has 1 aliphatic carbocycles. The first kappa shape index (κ1) is 23.0. The Bertz CT molecular complexity index is 945. The van der Waals surface area contributed by atoms with E-state index in [1.54, 1.807) is 11.3 Å². The number of hydrogen-bond donors (Lipinski definition) is 2. The predicted molar refractivity (Wildman–Crippen MR) is 133 cm³/mol. The van der Waals surface area contributed by atoms with Crippen molar-refractivity contribution in [2.75, 3.05) is 30.3 Å². The second-order valence-electron chi connectivity index (χ2n) is 8.97. The SMILES string of the molecule is CCc1ccccc1NC(=O)c1c(NC(=O)CN2CCCCCC2)sc2c1CCCCC2. The molecule has 5 nitrogen and oxygen atoms in total. The zero-order valence-corrected chi connectivity index (χ0v) is 20.0. The second-order valence-corrected chi connectivity index (χ2v) is 10.1. The molecule has 0 spiro atoms. The third kappa shape index (κ3) is 5.59. The normalized spacial score (nSPS) is 17.2. The van der Waals surface area contributed by atoms with E-state index in [2.05, 4.69) is 22.5 Å². The van der Waals surface area contributed by atoms with Crippen LogP contribution in [0, 0.1) is 0 Å². The van der Waals surface area contributed by atoms with E-state index in [1.165, 1.54) is 24.1 Å². The van der Waals surface area contributed by atoms with E-state index in [-0.39, 0.29) is 11.8 Å². The molecule has 2 aliphatic rings. The number of carbonyl (C=O) groups excluding carboxylic acids is 2. The molecule has 0 unspecified atom stereocenters. The van der Waals surface area contributed by atoms with E-state index in [9.17, 15) is 9.59 Å². The fourth-order valence-electron chi connectivity index (χ4n) is 4.87. The first-order valence-corrected chi connectivity index (χ1v) is 13.0. The van der Waals surface area contributed by atoms with Crippen molar-refractivity contribution in [2.24, 2.45) is 0 Å². The van der Waals surface area contributed by atoms with Crippen LogP contribution in [0.2, 0.25) is 0 Å². The van der Waals surface area contributed by atoms with Gasteiger partial charge in [0.1, 0.15) is 5.00 Å². The molecular formula is C26H35N3O2S. The number of fused-ring (bicyclic) bond motifs is 1. The molecule has 0 saturated carbocycles. The minimum Gasteiger partial charge on any atom is -0.322 e. The molecule has 172 valence electrons. The summed E-state index contributed by atoms with van der Waals surface area (Å²) in [5.41, 5.74) is 3.80. The molecule has 1 aromatic heterocycles. The van der Waals surface area contributed by atoms with Crippen molar-refractivity contribution in [1.82, 2.24) is 4.90 Å². The van der Waals surface area contributed by atoms with Crippen LogP contribution in [0.5, 0.6) is 0 Å². The minimum atomic E-state index is -0.102. The number of aryl methyl sites for hydroxylation is 2. The summed E-state index contributed by atoms with van der Waals surface area (Å²) in [6, 6.07) is 7.96. The summed E-state index contributed by atoms with van der Waals surface area (Å²) in [7, 11) is 0. The lowest BCUT2D eigenvalue weighted by molar-refractivity contribution is -0.117. The van der Waals surface area contributed by atoms with Gasteiger partial charge < -0.3 is 10.6 Å². The molecule has 32 heavy (non-hydrogen) atoms. The lowest BCUT2D eigenvalue weighted by Gasteiger charge is -2.19. The number of nitrogens with zero attached hydrogens (tertiary/aromatic N) is 1. The number of rotatable bonds is 6. The van der Waals surface area contributed by atoms with Gasteiger partial charge in [0.15, 0.2) is 0 Å². The standard InChI is InChI=1S/C26H35N3O2S/c1-2-19-12-8-9-14-21(19)27-25(31)24-20-13-6-5-7-15-22(20)32-26(24)28-23(30)18-29-16-10-3-4-11-17-29/h8-9,12,14H,2-7,10-11,13,15-18H2,1H3,(H,27,31)(H,28,30). The second kappa shape index (κ2) is 11.1. The molecule has 0 bridgehead atoms. The first-order chi connectivity index (χ1) is 15.7. The van der Waals surface area contributed by atoms with Gasteiger partial charge in [0.2, 0.25) is 5.91 Å². The van der Waals surface area contributed by atoms with Gasteiger partial charge in [0, 0.05) is 10.6 Å². The van der Waals surface area contributed by atoms with Crippen LogP contribution in [0.3, 0.4) is 0 Å². The lowest BCUT2D eigenvalue weighted by atomic mass is 10.0. The average Bonchev–Trinajstić information content (AvgIpc) is 2.98. The Hall–Kier alpha value is -2.18. The number of benzene rings is 1. The maximum absolute atomic E-state index is 13.5. The summed E-state index contributed by atoms with van der Waals surface area (Å²) >= 11 is 1.61. The number of likely N-dealkylation sites (tertiary alicyclic amines) is 1. The fourth-order valence-corrected chi connectivity index (χ4v) is 6.17. The van der Waals surface area contributed by atoms with Gasteiger partial charge in [-0.25, -0.2) is 0 Å². The minimum absolute atomic E-state index is 0.00804. The third-order valence-electron chi connectivity index (χ3n) is 6.61. The van der Waals surface area contributed by atoms with E-state index in [0.29, 0.717) is 12.1 Å². The molecule has 1 fully saturated rings. The molecular weight excluding hydrogens is 418 g/mol. The van der Waals surface area contributed by atoms with Crippen LogP contribution in [0.25, 0.3) is 0 Å². The van der Waals surface area contributed by atoms with Crippen LogP contribution in [0.1, 0.15) is 78.2 Å². The van der Waals surface area contributed by atoms with Crippen LogP contribution in [-0.4, -0.2) is 36.3 Å². The van der Waals surface area contributed by atoms with Crippen molar-refractivity contribution in [1.29, 1.82) is 0 Å².